The molecule has 0 amide bonds. The van der Waals surface area contributed by atoms with Crippen LogP contribution in [0.25, 0.3) is 0 Å². The van der Waals surface area contributed by atoms with Gasteiger partial charge in [0.2, 0.25) is 0 Å². The Hall–Kier alpha value is -0.990. The quantitative estimate of drug-likeness (QED) is 0.709. The van der Waals surface area contributed by atoms with Crippen molar-refractivity contribution in [1.29, 1.82) is 0 Å². The number of halogens is 3. The van der Waals surface area contributed by atoms with Crippen molar-refractivity contribution < 1.29 is 13.2 Å². The Morgan fingerprint density at radius 1 is 1.13 bits per heavy atom. The summed E-state index contributed by atoms with van der Waals surface area (Å²) in [5.74, 6) is 0. The predicted octanol–water partition coefficient (Wildman–Crippen LogP) is 4.22. The first-order chi connectivity index (χ1) is 6.99. The smallest absolute Gasteiger partial charge is 0.166 e. The Balaban J connectivity index is 3.16. The van der Waals surface area contributed by atoms with E-state index in [-0.39, 0.29) is 0 Å². The van der Waals surface area contributed by atoms with E-state index in [2.05, 4.69) is 0 Å². The van der Waals surface area contributed by atoms with Crippen LogP contribution in [0.15, 0.2) is 18.2 Å². The van der Waals surface area contributed by atoms with Crippen molar-refractivity contribution in [3.8, 4) is 0 Å². The van der Waals surface area contributed by atoms with Crippen molar-refractivity contribution in [3.05, 3.63) is 34.9 Å². The largest absolute Gasteiger partial charge is 0.416 e. The summed E-state index contributed by atoms with van der Waals surface area (Å²) in [7, 11) is 0. The van der Waals surface area contributed by atoms with Gasteiger partial charge in [0.05, 0.1) is 5.56 Å². The molecule has 0 spiro atoms. The molecule has 0 unspecified atom stereocenters. The first-order valence-corrected chi connectivity index (χ1v) is 5.18. The van der Waals surface area contributed by atoms with Crippen molar-refractivity contribution in [2.24, 2.45) is 0 Å². The third-order valence-corrected chi connectivity index (χ3v) is 2.41. The fraction of sp³-hybridized carbons (Fsp3) is 0.500. The summed E-state index contributed by atoms with van der Waals surface area (Å²) in [5, 5.41) is 0. The molecule has 0 heterocycles. The summed E-state index contributed by atoms with van der Waals surface area (Å²) >= 11 is 0. The minimum atomic E-state index is -4.23. The summed E-state index contributed by atoms with van der Waals surface area (Å²) < 4.78 is 38.1. The summed E-state index contributed by atoms with van der Waals surface area (Å²) in [5.41, 5.74) is 0.674. The fourth-order valence-corrected chi connectivity index (χ4v) is 1.59. The molecule has 0 aliphatic heterocycles. The van der Waals surface area contributed by atoms with Gasteiger partial charge in [-0.2, -0.15) is 13.2 Å². The lowest BCUT2D eigenvalue weighted by atomic mass is 9.99. The molecule has 0 bridgehead atoms. The highest BCUT2D eigenvalue weighted by Gasteiger charge is 2.32. The van der Waals surface area contributed by atoms with Gasteiger partial charge in [0.15, 0.2) is 0 Å². The molecule has 0 aromatic heterocycles. The van der Waals surface area contributed by atoms with E-state index >= 15 is 0 Å². The SMILES string of the molecule is CCCc1ccc(CC)cc1C(F)(F)F. The van der Waals surface area contributed by atoms with Gasteiger partial charge in [0.1, 0.15) is 0 Å². The highest BCUT2D eigenvalue weighted by atomic mass is 19.4. The average molecular weight is 216 g/mol. The van der Waals surface area contributed by atoms with Crippen molar-refractivity contribution in [2.75, 3.05) is 0 Å². The third-order valence-electron chi connectivity index (χ3n) is 2.41. The standard InChI is InChI=1S/C12H15F3/c1-3-5-10-7-6-9(4-2)8-11(10)12(13,14)15/h6-8H,3-5H2,1-2H3. The van der Waals surface area contributed by atoms with Crippen molar-refractivity contribution in [2.45, 2.75) is 39.3 Å². The van der Waals surface area contributed by atoms with Gasteiger partial charge in [-0.3, -0.25) is 0 Å². The molecular weight excluding hydrogens is 201 g/mol. The van der Waals surface area contributed by atoms with E-state index in [1.807, 2.05) is 13.8 Å². The van der Waals surface area contributed by atoms with E-state index in [0.29, 0.717) is 18.4 Å². The predicted molar refractivity (Wildman–Crippen MR) is 54.8 cm³/mol. The fourth-order valence-electron chi connectivity index (χ4n) is 1.59. The molecule has 0 atom stereocenters. The highest BCUT2D eigenvalue weighted by molar-refractivity contribution is 5.34. The van der Waals surface area contributed by atoms with Crippen LogP contribution in [0.4, 0.5) is 13.2 Å². The molecule has 15 heavy (non-hydrogen) atoms. The molecule has 1 rings (SSSR count). The van der Waals surface area contributed by atoms with Gasteiger partial charge in [-0.1, -0.05) is 32.4 Å². The monoisotopic (exact) mass is 216 g/mol. The van der Waals surface area contributed by atoms with E-state index in [1.165, 1.54) is 6.07 Å². The first kappa shape index (κ1) is 12.1. The maximum absolute atomic E-state index is 12.7. The number of hydrogen-bond donors (Lipinski definition) is 0. The Labute approximate surface area is 88.1 Å². The molecule has 0 aliphatic carbocycles. The lowest BCUT2D eigenvalue weighted by Crippen LogP contribution is -2.09. The molecule has 0 nitrogen and oxygen atoms in total. The second-order valence-corrected chi connectivity index (χ2v) is 3.59. The molecule has 0 saturated carbocycles. The van der Waals surface area contributed by atoms with Gasteiger partial charge >= 0.3 is 6.18 Å². The zero-order valence-electron chi connectivity index (χ0n) is 8.99. The number of alkyl halides is 3. The van der Waals surface area contributed by atoms with E-state index in [9.17, 15) is 13.2 Å². The normalized spacial score (nSPS) is 11.8. The van der Waals surface area contributed by atoms with Gasteiger partial charge in [-0.05, 0) is 30.0 Å². The number of hydrogen-bond acceptors (Lipinski definition) is 0. The maximum atomic E-state index is 12.7. The van der Waals surface area contributed by atoms with Crippen molar-refractivity contribution in [1.82, 2.24) is 0 Å². The van der Waals surface area contributed by atoms with Gasteiger partial charge in [-0.15, -0.1) is 0 Å². The molecule has 0 radical (unpaired) electrons. The third kappa shape index (κ3) is 2.98. The molecule has 3 heteroatoms. The molecular formula is C12H15F3. The first-order valence-electron chi connectivity index (χ1n) is 5.18. The van der Waals surface area contributed by atoms with Crippen LogP contribution in [0.3, 0.4) is 0 Å². The van der Waals surface area contributed by atoms with Gasteiger partial charge in [-0.25, -0.2) is 0 Å². The molecule has 0 fully saturated rings. The van der Waals surface area contributed by atoms with Crippen LogP contribution < -0.4 is 0 Å². The topological polar surface area (TPSA) is 0 Å². The van der Waals surface area contributed by atoms with Crippen molar-refractivity contribution in [3.63, 3.8) is 0 Å². The lowest BCUT2D eigenvalue weighted by molar-refractivity contribution is -0.138. The van der Waals surface area contributed by atoms with E-state index in [1.54, 1.807) is 12.1 Å². The Morgan fingerprint density at radius 2 is 1.80 bits per heavy atom. The molecule has 0 N–H and O–H groups in total. The van der Waals surface area contributed by atoms with Gasteiger partial charge < -0.3 is 0 Å². The Bertz CT molecular complexity index is 326. The van der Waals surface area contributed by atoms with Crippen LogP contribution >= 0.6 is 0 Å². The van der Waals surface area contributed by atoms with Crippen LogP contribution in [0.1, 0.15) is 37.0 Å². The summed E-state index contributed by atoms with van der Waals surface area (Å²) in [4.78, 5) is 0. The number of rotatable bonds is 3. The zero-order chi connectivity index (χ0) is 11.5. The maximum Gasteiger partial charge on any atom is 0.416 e. The van der Waals surface area contributed by atoms with Crippen molar-refractivity contribution >= 4 is 0 Å². The van der Waals surface area contributed by atoms with Crippen LogP contribution in [-0.2, 0) is 19.0 Å². The molecule has 0 aliphatic rings. The van der Waals surface area contributed by atoms with Crippen LogP contribution in [0, 0.1) is 0 Å². The molecule has 84 valence electrons. The number of benzene rings is 1. The minimum Gasteiger partial charge on any atom is -0.166 e. The Kier molecular flexibility index (Phi) is 3.77. The molecule has 1 aromatic carbocycles. The Morgan fingerprint density at radius 3 is 2.27 bits per heavy atom. The summed E-state index contributed by atoms with van der Waals surface area (Å²) in [6, 6.07) is 4.65. The van der Waals surface area contributed by atoms with Gasteiger partial charge in [0, 0.05) is 0 Å². The molecule has 0 saturated heterocycles. The van der Waals surface area contributed by atoms with E-state index in [0.717, 1.165) is 12.0 Å². The lowest BCUT2D eigenvalue weighted by Gasteiger charge is -2.13. The van der Waals surface area contributed by atoms with E-state index in [4.69, 9.17) is 0 Å². The second kappa shape index (κ2) is 4.69. The second-order valence-electron chi connectivity index (χ2n) is 3.59. The molecule has 1 aromatic rings. The summed E-state index contributed by atoms with van der Waals surface area (Å²) in [6.07, 6.45) is -2.38. The van der Waals surface area contributed by atoms with E-state index < -0.39 is 11.7 Å². The zero-order valence-corrected chi connectivity index (χ0v) is 8.99. The average Bonchev–Trinajstić information content (AvgIpc) is 2.17. The van der Waals surface area contributed by atoms with Crippen LogP contribution in [0.2, 0.25) is 0 Å². The van der Waals surface area contributed by atoms with Gasteiger partial charge in [0.25, 0.3) is 0 Å². The summed E-state index contributed by atoms with van der Waals surface area (Å²) in [6.45, 7) is 3.74. The minimum absolute atomic E-state index is 0.405. The van der Waals surface area contributed by atoms with Crippen LogP contribution in [-0.4, -0.2) is 0 Å². The van der Waals surface area contributed by atoms with Crippen LogP contribution in [0.5, 0.6) is 0 Å². The number of aryl methyl sites for hydroxylation is 2. The highest BCUT2D eigenvalue weighted by Crippen LogP contribution is 2.33.